The third-order valence-electron chi connectivity index (χ3n) is 6.30. The Morgan fingerprint density at radius 2 is 1.87 bits per heavy atom. The molecule has 9 heteroatoms. The molecule has 0 spiro atoms. The van der Waals surface area contributed by atoms with Gasteiger partial charge in [-0.1, -0.05) is 60.5 Å². The summed E-state index contributed by atoms with van der Waals surface area (Å²) in [5.41, 5.74) is 1.63. The lowest BCUT2D eigenvalue weighted by Crippen LogP contribution is -2.29. The van der Waals surface area contributed by atoms with Crippen LogP contribution in [0, 0.1) is 0 Å². The number of ketones is 1. The number of rotatable bonds is 8. The van der Waals surface area contributed by atoms with Crippen molar-refractivity contribution in [2.24, 2.45) is 0 Å². The summed E-state index contributed by atoms with van der Waals surface area (Å²) < 4.78 is 11.9. The fraction of sp³-hybridized carbons (Fsp3) is 0.207. The number of Topliss-reactive ketones (excluding diaryl/α,β-unsaturated/α-hetero) is 1. The number of hydrogen-bond donors (Lipinski definition) is 1. The van der Waals surface area contributed by atoms with E-state index in [9.17, 15) is 14.7 Å². The van der Waals surface area contributed by atoms with Crippen LogP contribution in [0.2, 0.25) is 5.02 Å². The van der Waals surface area contributed by atoms with Gasteiger partial charge in [0.05, 0.1) is 35.5 Å². The molecule has 1 atom stereocenters. The molecule has 4 aromatic rings. The summed E-state index contributed by atoms with van der Waals surface area (Å²) in [6, 6.07) is 18.3. The second kappa shape index (κ2) is 10.8. The Morgan fingerprint density at radius 3 is 2.61 bits per heavy atom. The molecule has 0 radical (unpaired) electrons. The van der Waals surface area contributed by atoms with E-state index in [0.29, 0.717) is 44.9 Å². The number of hydrogen-bond acceptors (Lipinski definition) is 7. The Morgan fingerprint density at radius 1 is 1.08 bits per heavy atom. The number of unbranched alkanes of at least 4 members (excludes halogenated alkanes) is 1. The molecule has 1 amide bonds. The van der Waals surface area contributed by atoms with E-state index in [0.717, 1.165) is 17.5 Å². The predicted octanol–water partition coefficient (Wildman–Crippen LogP) is 6.76. The van der Waals surface area contributed by atoms with E-state index < -0.39 is 17.7 Å². The predicted molar refractivity (Wildman–Crippen MR) is 149 cm³/mol. The number of anilines is 1. The molecule has 1 aliphatic rings. The number of aromatic nitrogens is 1. The second-order valence-corrected chi connectivity index (χ2v) is 10.2. The number of aliphatic hydroxyl groups is 1. The SMILES string of the molecule is CCCCOc1cccc(C(O)=C2C(=O)C(=O)N(c3nc4ccc(Cl)cc4s3)C2c2ccc(OC)cc2)c1. The molecule has 38 heavy (non-hydrogen) atoms. The Balaban J connectivity index is 1.64. The maximum Gasteiger partial charge on any atom is 0.301 e. The zero-order chi connectivity index (χ0) is 26.8. The number of methoxy groups -OCH3 is 1. The van der Waals surface area contributed by atoms with Crippen LogP contribution in [-0.2, 0) is 9.59 Å². The van der Waals surface area contributed by atoms with Crippen LogP contribution in [0.3, 0.4) is 0 Å². The average Bonchev–Trinajstić information content (AvgIpc) is 3.46. The zero-order valence-corrected chi connectivity index (χ0v) is 22.4. The van der Waals surface area contributed by atoms with Gasteiger partial charge in [-0.3, -0.25) is 14.5 Å². The molecule has 3 aromatic carbocycles. The van der Waals surface area contributed by atoms with Crippen molar-refractivity contribution < 1.29 is 24.2 Å². The fourth-order valence-electron chi connectivity index (χ4n) is 4.34. The van der Waals surface area contributed by atoms with E-state index in [4.69, 9.17) is 21.1 Å². The number of carbonyl (C=O) groups is 2. The van der Waals surface area contributed by atoms with Crippen molar-refractivity contribution in [3.8, 4) is 11.5 Å². The normalized spacial score (nSPS) is 16.8. The molecule has 1 aliphatic heterocycles. The van der Waals surface area contributed by atoms with Crippen molar-refractivity contribution in [2.75, 3.05) is 18.6 Å². The standard InChI is InChI=1S/C29H25ClN2O5S/c1-3-4-14-37-21-7-5-6-18(15-21)26(33)24-25(17-8-11-20(36-2)12-9-17)32(28(35)27(24)34)29-31-22-13-10-19(30)16-23(22)38-29/h5-13,15-16,25,33H,3-4,14H2,1-2H3. The van der Waals surface area contributed by atoms with Gasteiger partial charge in [0, 0.05) is 10.6 Å². The summed E-state index contributed by atoms with van der Waals surface area (Å²) in [7, 11) is 1.56. The third kappa shape index (κ3) is 4.85. The summed E-state index contributed by atoms with van der Waals surface area (Å²) >= 11 is 7.41. The van der Waals surface area contributed by atoms with Gasteiger partial charge in [-0.25, -0.2) is 4.98 Å². The molecule has 2 heterocycles. The molecular formula is C29H25ClN2O5S. The van der Waals surface area contributed by atoms with E-state index >= 15 is 0 Å². The van der Waals surface area contributed by atoms with E-state index in [2.05, 4.69) is 11.9 Å². The van der Waals surface area contributed by atoms with Gasteiger partial charge in [-0.2, -0.15) is 0 Å². The summed E-state index contributed by atoms with van der Waals surface area (Å²) in [6.07, 6.45) is 1.88. The van der Waals surface area contributed by atoms with Crippen molar-refractivity contribution in [1.29, 1.82) is 0 Å². The molecule has 0 saturated carbocycles. The minimum Gasteiger partial charge on any atom is -0.507 e. The number of amides is 1. The van der Waals surface area contributed by atoms with Gasteiger partial charge < -0.3 is 14.6 Å². The van der Waals surface area contributed by atoms with Crippen LogP contribution in [0.1, 0.15) is 36.9 Å². The van der Waals surface area contributed by atoms with E-state index in [1.165, 1.54) is 16.2 Å². The van der Waals surface area contributed by atoms with Crippen molar-refractivity contribution >= 4 is 55.7 Å². The average molecular weight is 549 g/mol. The molecule has 1 saturated heterocycles. The smallest absolute Gasteiger partial charge is 0.301 e. The van der Waals surface area contributed by atoms with Crippen LogP contribution in [-0.4, -0.2) is 35.5 Å². The molecule has 5 rings (SSSR count). The number of fused-ring (bicyclic) bond motifs is 1. The largest absolute Gasteiger partial charge is 0.507 e. The number of benzene rings is 3. The first-order valence-corrected chi connectivity index (χ1v) is 13.3. The molecule has 1 unspecified atom stereocenters. The number of carbonyl (C=O) groups excluding carboxylic acids is 2. The summed E-state index contributed by atoms with van der Waals surface area (Å²) in [5, 5.41) is 12.3. The Bertz CT molecular complexity index is 1550. The number of thiazole rings is 1. The van der Waals surface area contributed by atoms with Gasteiger partial charge in [0.15, 0.2) is 5.13 Å². The van der Waals surface area contributed by atoms with Crippen LogP contribution in [0.25, 0.3) is 16.0 Å². The van der Waals surface area contributed by atoms with Crippen LogP contribution in [0.4, 0.5) is 5.13 Å². The first-order valence-electron chi connectivity index (χ1n) is 12.2. The highest BCUT2D eigenvalue weighted by Gasteiger charge is 2.48. The summed E-state index contributed by atoms with van der Waals surface area (Å²) in [4.78, 5) is 32.9. The van der Waals surface area contributed by atoms with E-state index in [-0.39, 0.29) is 11.3 Å². The van der Waals surface area contributed by atoms with Crippen molar-refractivity contribution in [1.82, 2.24) is 4.98 Å². The topological polar surface area (TPSA) is 89.0 Å². The molecule has 1 fully saturated rings. The van der Waals surface area contributed by atoms with Gasteiger partial charge in [0.2, 0.25) is 0 Å². The van der Waals surface area contributed by atoms with Crippen molar-refractivity contribution in [3.05, 3.63) is 88.5 Å². The summed E-state index contributed by atoms with van der Waals surface area (Å²) in [6.45, 7) is 2.61. The second-order valence-electron chi connectivity index (χ2n) is 8.78. The first-order chi connectivity index (χ1) is 18.4. The number of halogens is 1. The molecule has 1 aromatic heterocycles. The van der Waals surface area contributed by atoms with E-state index in [1.54, 1.807) is 73.8 Å². The number of nitrogens with zero attached hydrogens (tertiary/aromatic N) is 2. The maximum absolute atomic E-state index is 13.5. The van der Waals surface area contributed by atoms with Gasteiger partial charge in [0.1, 0.15) is 17.3 Å². The molecule has 0 aliphatic carbocycles. The van der Waals surface area contributed by atoms with Crippen LogP contribution in [0.5, 0.6) is 11.5 Å². The molecule has 1 N–H and O–H groups in total. The molecule has 194 valence electrons. The van der Waals surface area contributed by atoms with Gasteiger partial charge in [-0.05, 0) is 54.4 Å². The Hall–Kier alpha value is -3.88. The summed E-state index contributed by atoms with van der Waals surface area (Å²) in [5.74, 6) is -0.652. The lowest BCUT2D eigenvalue weighted by Gasteiger charge is -2.23. The highest BCUT2D eigenvalue weighted by atomic mass is 35.5. The van der Waals surface area contributed by atoms with Crippen LogP contribution >= 0.6 is 22.9 Å². The zero-order valence-electron chi connectivity index (χ0n) is 20.8. The minimum atomic E-state index is -0.901. The number of ether oxygens (including phenoxy) is 2. The maximum atomic E-state index is 13.5. The first kappa shape index (κ1) is 25.8. The van der Waals surface area contributed by atoms with Crippen LogP contribution in [0.15, 0.2) is 72.3 Å². The van der Waals surface area contributed by atoms with Gasteiger partial charge >= 0.3 is 5.91 Å². The van der Waals surface area contributed by atoms with E-state index in [1.807, 2.05) is 0 Å². The Labute approximate surface area is 228 Å². The molecule has 7 nitrogen and oxygen atoms in total. The number of aliphatic hydroxyl groups excluding tert-OH is 1. The van der Waals surface area contributed by atoms with Crippen LogP contribution < -0.4 is 14.4 Å². The van der Waals surface area contributed by atoms with Gasteiger partial charge in [-0.15, -0.1) is 0 Å². The third-order valence-corrected chi connectivity index (χ3v) is 7.55. The fourth-order valence-corrected chi connectivity index (χ4v) is 5.61. The van der Waals surface area contributed by atoms with Crippen molar-refractivity contribution in [2.45, 2.75) is 25.8 Å². The Kier molecular flexibility index (Phi) is 7.35. The molecule has 0 bridgehead atoms. The minimum absolute atomic E-state index is 0.0248. The lowest BCUT2D eigenvalue weighted by atomic mass is 9.95. The lowest BCUT2D eigenvalue weighted by molar-refractivity contribution is -0.132. The highest BCUT2D eigenvalue weighted by molar-refractivity contribution is 7.22. The quantitative estimate of drug-likeness (QED) is 0.113. The van der Waals surface area contributed by atoms with Crippen molar-refractivity contribution in [3.63, 3.8) is 0 Å². The molecular weight excluding hydrogens is 524 g/mol. The monoisotopic (exact) mass is 548 g/mol. The van der Waals surface area contributed by atoms with Gasteiger partial charge in [0.25, 0.3) is 5.78 Å². The highest BCUT2D eigenvalue weighted by Crippen LogP contribution is 2.45.